The van der Waals surface area contributed by atoms with Crippen molar-refractivity contribution in [3.63, 3.8) is 0 Å². The van der Waals surface area contributed by atoms with Crippen molar-refractivity contribution in [1.29, 1.82) is 0 Å². The zero-order chi connectivity index (χ0) is 30.4. The second-order valence-corrected chi connectivity index (χ2v) is 10.9. The third kappa shape index (κ3) is 16.1. The van der Waals surface area contributed by atoms with E-state index in [0.717, 1.165) is 69.2 Å². The second kappa shape index (κ2) is 21.3. The van der Waals surface area contributed by atoms with Gasteiger partial charge in [0.15, 0.2) is 0 Å². The highest BCUT2D eigenvalue weighted by Gasteiger charge is 2.06. The third-order valence-corrected chi connectivity index (χ3v) is 6.84. The van der Waals surface area contributed by atoms with Crippen molar-refractivity contribution in [3.8, 4) is 11.5 Å². The minimum absolute atomic E-state index is 0.196. The highest BCUT2D eigenvalue weighted by molar-refractivity contribution is 5.86. The van der Waals surface area contributed by atoms with E-state index >= 15 is 0 Å². The lowest BCUT2D eigenvalue weighted by molar-refractivity contribution is -0.139. The number of azo groups is 1. The average molecular weight is 579 g/mol. The van der Waals surface area contributed by atoms with Gasteiger partial charge in [0.1, 0.15) is 11.5 Å². The second-order valence-electron chi connectivity index (χ2n) is 10.9. The topological polar surface area (TPSA) is 86.6 Å². The lowest BCUT2D eigenvalue weighted by atomic mass is 10.1. The summed E-state index contributed by atoms with van der Waals surface area (Å²) in [4.78, 5) is 23.5. The van der Waals surface area contributed by atoms with E-state index in [-0.39, 0.29) is 18.0 Å². The first-order chi connectivity index (χ1) is 20.4. The molecule has 0 amide bonds. The Morgan fingerprint density at radius 1 is 0.738 bits per heavy atom. The summed E-state index contributed by atoms with van der Waals surface area (Å²) in [5, 5.41) is 8.59. The Morgan fingerprint density at radius 2 is 1.26 bits per heavy atom. The molecule has 0 unspecified atom stereocenters. The van der Waals surface area contributed by atoms with Crippen LogP contribution in [0.4, 0.5) is 11.4 Å². The van der Waals surface area contributed by atoms with E-state index in [1.807, 2.05) is 24.3 Å². The van der Waals surface area contributed by atoms with Gasteiger partial charge in [-0.1, -0.05) is 71.3 Å². The zero-order valence-electron chi connectivity index (χ0n) is 25.9. The highest BCUT2D eigenvalue weighted by atomic mass is 16.5. The first-order valence-electron chi connectivity index (χ1n) is 15.7. The molecule has 0 aliphatic heterocycles. The SMILES string of the molecule is C=C(C)C(=O)OCCCCCCCCCCC(=O)Oc1ccc(N=Nc2ccc(O[C@@H](C)CCCCCC)cc2)cc1. The molecule has 0 bridgehead atoms. The fraction of sp³-hybridized carbons (Fsp3) is 0.543. The molecule has 2 rings (SSSR count). The van der Waals surface area contributed by atoms with Crippen molar-refractivity contribution in [3.05, 3.63) is 60.7 Å². The molecular formula is C35H50N2O5. The Morgan fingerprint density at radius 3 is 1.83 bits per heavy atom. The van der Waals surface area contributed by atoms with Gasteiger partial charge in [0, 0.05) is 12.0 Å². The first kappa shape index (κ1) is 34.7. The number of rotatable bonds is 22. The number of ether oxygens (including phenoxy) is 3. The van der Waals surface area contributed by atoms with E-state index in [2.05, 4.69) is 30.7 Å². The lowest BCUT2D eigenvalue weighted by Crippen LogP contribution is -2.11. The van der Waals surface area contributed by atoms with Gasteiger partial charge in [-0.05, 0) is 88.1 Å². The van der Waals surface area contributed by atoms with Crippen molar-refractivity contribution in [2.24, 2.45) is 10.2 Å². The normalized spacial score (nSPS) is 11.8. The molecule has 0 spiro atoms. The van der Waals surface area contributed by atoms with Crippen LogP contribution >= 0.6 is 0 Å². The summed E-state index contributed by atoms with van der Waals surface area (Å²) < 4.78 is 16.6. The molecule has 7 nitrogen and oxygen atoms in total. The minimum atomic E-state index is -0.311. The number of esters is 2. The van der Waals surface area contributed by atoms with Gasteiger partial charge in [-0.15, -0.1) is 0 Å². The standard InChI is InChI=1S/C35H50N2O5/c1-5-6-7-14-17-29(4)41-32-23-19-30(20-24-32)36-37-31-21-25-33(26-22-31)42-34(38)18-15-12-10-8-9-11-13-16-27-40-35(39)28(2)3/h19-26,29H,2,5-18,27H2,1,3-4H3/t29-/m0/s1. The molecule has 0 aromatic heterocycles. The van der Waals surface area contributed by atoms with Crippen LogP contribution in [-0.4, -0.2) is 24.6 Å². The summed E-state index contributed by atoms with van der Waals surface area (Å²) in [5.74, 6) is 0.828. The molecule has 0 saturated carbocycles. The molecule has 0 heterocycles. The predicted octanol–water partition coefficient (Wildman–Crippen LogP) is 10.4. The van der Waals surface area contributed by atoms with E-state index in [0.29, 0.717) is 30.0 Å². The van der Waals surface area contributed by atoms with Crippen molar-refractivity contribution in [2.45, 2.75) is 117 Å². The van der Waals surface area contributed by atoms with Crippen LogP contribution in [0.2, 0.25) is 0 Å². The number of nitrogens with zero attached hydrogens (tertiary/aromatic N) is 2. The fourth-order valence-electron chi connectivity index (χ4n) is 4.34. The van der Waals surface area contributed by atoms with E-state index in [9.17, 15) is 9.59 Å². The Bertz CT molecular complexity index is 1080. The Balaban J connectivity index is 1.56. The molecule has 230 valence electrons. The number of benzene rings is 2. The van der Waals surface area contributed by atoms with E-state index in [1.165, 1.54) is 25.7 Å². The van der Waals surface area contributed by atoms with Crippen LogP contribution in [0.5, 0.6) is 11.5 Å². The molecule has 2 aromatic carbocycles. The first-order valence-corrected chi connectivity index (χ1v) is 15.7. The van der Waals surface area contributed by atoms with E-state index < -0.39 is 0 Å². The van der Waals surface area contributed by atoms with Crippen molar-refractivity contribution in [2.75, 3.05) is 6.61 Å². The monoisotopic (exact) mass is 578 g/mol. The van der Waals surface area contributed by atoms with Gasteiger partial charge in [-0.3, -0.25) is 4.79 Å². The maximum Gasteiger partial charge on any atom is 0.333 e. The van der Waals surface area contributed by atoms with E-state index in [4.69, 9.17) is 14.2 Å². The van der Waals surface area contributed by atoms with Gasteiger partial charge in [-0.2, -0.15) is 10.2 Å². The molecule has 0 radical (unpaired) electrons. The number of hydrogen-bond donors (Lipinski definition) is 0. The van der Waals surface area contributed by atoms with Crippen LogP contribution in [0.1, 0.15) is 111 Å². The van der Waals surface area contributed by atoms with Gasteiger partial charge >= 0.3 is 11.9 Å². The summed E-state index contributed by atoms with van der Waals surface area (Å²) in [5.41, 5.74) is 1.87. The van der Waals surface area contributed by atoms with Crippen LogP contribution in [0.15, 0.2) is 70.9 Å². The van der Waals surface area contributed by atoms with Crippen LogP contribution in [0, 0.1) is 0 Å². The molecule has 1 atom stereocenters. The average Bonchev–Trinajstić information content (AvgIpc) is 2.98. The molecular weight excluding hydrogens is 528 g/mol. The maximum absolute atomic E-state index is 12.2. The summed E-state index contributed by atoms with van der Waals surface area (Å²) in [6.45, 7) is 10.0. The van der Waals surface area contributed by atoms with Crippen molar-refractivity contribution in [1.82, 2.24) is 0 Å². The molecule has 0 saturated heterocycles. The van der Waals surface area contributed by atoms with E-state index in [1.54, 1.807) is 31.2 Å². The number of carbonyl (C=O) groups excluding carboxylic acids is 2. The zero-order valence-corrected chi connectivity index (χ0v) is 25.9. The number of hydrogen-bond acceptors (Lipinski definition) is 7. The van der Waals surface area contributed by atoms with Crippen LogP contribution in [0.25, 0.3) is 0 Å². The van der Waals surface area contributed by atoms with Gasteiger partial charge in [0.2, 0.25) is 0 Å². The molecule has 2 aromatic rings. The Hall–Kier alpha value is -3.48. The predicted molar refractivity (Wildman–Crippen MR) is 169 cm³/mol. The van der Waals surface area contributed by atoms with Crippen molar-refractivity contribution >= 4 is 23.3 Å². The molecule has 42 heavy (non-hydrogen) atoms. The molecule has 7 heteroatoms. The van der Waals surface area contributed by atoms with Gasteiger partial charge in [0.25, 0.3) is 0 Å². The Kier molecular flexibility index (Phi) is 17.6. The van der Waals surface area contributed by atoms with Crippen molar-refractivity contribution < 1.29 is 23.8 Å². The quantitative estimate of drug-likeness (QED) is 0.0456. The summed E-state index contributed by atoms with van der Waals surface area (Å²) in [6, 6.07) is 14.7. The summed E-state index contributed by atoms with van der Waals surface area (Å²) in [7, 11) is 0. The highest BCUT2D eigenvalue weighted by Crippen LogP contribution is 2.24. The maximum atomic E-state index is 12.2. The minimum Gasteiger partial charge on any atom is -0.491 e. The van der Waals surface area contributed by atoms with Crippen LogP contribution in [0.3, 0.4) is 0 Å². The molecule has 0 fully saturated rings. The molecule has 0 aliphatic carbocycles. The third-order valence-electron chi connectivity index (χ3n) is 6.84. The molecule has 0 aliphatic rings. The summed E-state index contributed by atoms with van der Waals surface area (Å²) >= 11 is 0. The number of carbonyl (C=O) groups is 2. The Labute approximate surface area is 252 Å². The van der Waals surface area contributed by atoms with Gasteiger partial charge in [-0.25, -0.2) is 4.79 Å². The number of unbranched alkanes of at least 4 members (excludes halogenated alkanes) is 10. The van der Waals surface area contributed by atoms with Crippen LogP contribution < -0.4 is 9.47 Å². The van der Waals surface area contributed by atoms with Crippen LogP contribution in [-0.2, 0) is 14.3 Å². The smallest absolute Gasteiger partial charge is 0.333 e. The summed E-state index contributed by atoms with van der Waals surface area (Å²) in [6.07, 6.45) is 15.0. The fourth-order valence-corrected chi connectivity index (χ4v) is 4.34. The van der Waals surface area contributed by atoms with Gasteiger partial charge < -0.3 is 14.2 Å². The lowest BCUT2D eigenvalue weighted by Gasteiger charge is -2.14. The van der Waals surface area contributed by atoms with Gasteiger partial charge in [0.05, 0.1) is 24.1 Å². The largest absolute Gasteiger partial charge is 0.491 e. The molecule has 0 N–H and O–H groups in total.